The van der Waals surface area contributed by atoms with Gasteiger partial charge in [0.05, 0.1) is 34.7 Å². The van der Waals surface area contributed by atoms with Crippen LogP contribution in [-0.2, 0) is 0 Å². The van der Waals surface area contributed by atoms with Gasteiger partial charge in [-0.3, -0.25) is 4.79 Å². The van der Waals surface area contributed by atoms with Crippen molar-refractivity contribution in [1.82, 2.24) is 9.97 Å². The molecule has 0 spiro atoms. The summed E-state index contributed by atoms with van der Waals surface area (Å²) < 4.78 is 0. The minimum atomic E-state index is -0.488. The van der Waals surface area contributed by atoms with E-state index in [0.29, 0.717) is 22.1 Å². The maximum absolute atomic E-state index is 12.0. The maximum atomic E-state index is 12.0. The predicted octanol–water partition coefficient (Wildman–Crippen LogP) is 1.54. The van der Waals surface area contributed by atoms with Gasteiger partial charge in [0.1, 0.15) is 5.69 Å². The Labute approximate surface area is 119 Å². The molecule has 0 unspecified atom stereocenters. The second-order valence-corrected chi connectivity index (χ2v) is 4.10. The summed E-state index contributed by atoms with van der Waals surface area (Å²) >= 11 is 5.95. The van der Waals surface area contributed by atoms with Crippen molar-refractivity contribution in [1.29, 1.82) is 5.26 Å². The quantitative estimate of drug-likeness (QED) is 0.582. The number of hydrazine groups is 1. The van der Waals surface area contributed by atoms with Gasteiger partial charge in [0.25, 0.3) is 5.91 Å². The van der Waals surface area contributed by atoms with Gasteiger partial charge in [0, 0.05) is 0 Å². The van der Waals surface area contributed by atoms with Gasteiger partial charge in [-0.05, 0) is 18.2 Å². The molecule has 1 amide bonds. The molecule has 0 saturated heterocycles. The lowest BCUT2D eigenvalue weighted by Gasteiger charge is -2.07. The highest BCUT2D eigenvalue weighted by Gasteiger charge is 2.11. The second kappa shape index (κ2) is 5.97. The van der Waals surface area contributed by atoms with Gasteiger partial charge in [-0.15, -0.1) is 0 Å². The summed E-state index contributed by atoms with van der Waals surface area (Å²) in [6.07, 6.45) is 2.59. The zero-order chi connectivity index (χ0) is 14.5. The van der Waals surface area contributed by atoms with E-state index < -0.39 is 5.91 Å². The third kappa shape index (κ3) is 3.00. The van der Waals surface area contributed by atoms with Crippen LogP contribution in [0.3, 0.4) is 0 Å². The minimum absolute atomic E-state index is 0.0995. The van der Waals surface area contributed by atoms with Crippen LogP contribution in [0, 0.1) is 11.3 Å². The predicted molar refractivity (Wildman–Crippen MR) is 74.0 cm³/mol. The van der Waals surface area contributed by atoms with Crippen molar-refractivity contribution in [3.05, 3.63) is 46.9 Å². The first-order chi connectivity index (χ1) is 9.63. The van der Waals surface area contributed by atoms with Crippen LogP contribution in [0.15, 0.2) is 30.6 Å². The highest BCUT2D eigenvalue weighted by atomic mass is 35.5. The fourth-order valence-electron chi connectivity index (χ4n) is 1.40. The van der Waals surface area contributed by atoms with Crippen LogP contribution in [0.5, 0.6) is 0 Å². The summed E-state index contributed by atoms with van der Waals surface area (Å²) in [4.78, 5) is 19.7. The first kappa shape index (κ1) is 13.7. The number of amides is 1. The number of aromatic nitrogens is 2. The van der Waals surface area contributed by atoms with Crippen molar-refractivity contribution >= 4 is 29.0 Å². The molecule has 4 N–H and O–H groups in total. The van der Waals surface area contributed by atoms with Gasteiger partial charge < -0.3 is 10.7 Å². The molecule has 0 radical (unpaired) electrons. The van der Waals surface area contributed by atoms with Gasteiger partial charge >= 0.3 is 0 Å². The van der Waals surface area contributed by atoms with Gasteiger partial charge in [-0.2, -0.15) is 5.26 Å². The number of nitrogens with zero attached hydrogens (tertiary/aromatic N) is 3. The number of nitrogens with two attached hydrogens (primary N) is 1. The highest BCUT2D eigenvalue weighted by molar-refractivity contribution is 6.33. The third-order valence-corrected chi connectivity index (χ3v) is 2.71. The molecule has 1 heterocycles. The highest BCUT2D eigenvalue weighted by Crippen LogP contribution is 2.23. The molecule has 1 aromatic heterocycles. The second-order valence-electron chi connectivity index (χ2n) is 3.69. The number of halogens is 1. The largest absolute Gasteiger partial charge is 0.319 e. The average molecular weight is 289 g/mol. The number of carbonyl (C=O) groups is 1. The number of nitriles is 1. The fraction of sp³-hybridized carbons (Fsp3) is 0. The van der Waals surface area contributed by atoms with E-state index >= 15 is 0 Å². The van der Waals surface area contributed by atoms with Crippen LogP contribution in [0.2, 0.25) is 5.02 Å². The molecule has 0 atom stereocenters. The van der Waals surface area contributed by atoms with Crippen LogP contribution in [-0.4, -0.2) is 15.9 Å². The molecule has 1 aromatic carbocycles. The lowest BCUT2D eigenvalue weighted by atomic mass is 10.2. The first-order valence-electron chi connectivity index (χ1n) is 5.43. The van der Waals surface area contributed by atoms with E-state index in [1.807, 2.05) is 6.07 Å². The number of rotatable bonds is 3. The van der Waals surface area contributed by atoms with E-state index in [1.165, 1.54) is 24.5 Å². The van der Waals surface area contributed by atoms with E-state index in [9.17, 15) is 4.79 Å². The Balaban J connectivity index is 2.20. The summed E-state index contributed by atoms with van der Waals surface area (Å²) in [6, 6.07) is 6.52. The Morgan fingerprint density at radius 2 is 2.15 bits per heavy atom. The van der Waals surface area contributed by atoms with Crippen molar-refractivity contribution in [2.24, 2.45) is 5.84 Å². The minimum Gasteiger partial charge on any atom is -0.319 e. The van der Waals surface area contributed by atoms with Crippen molar-refractivity contribution in [2.75, 3.05) is 10.7 Å². The Bertz CT molecular complexity index is 679. The van der Waals surface area contributed by atoms with Crippen molar-refractivity contribution in [3.8, 4) is 6.07 Å². The van der Waals surface area contributed by atoms with E-state index in [1.54, 1.807) is 6.07 Å². The van der Waals surface area contributed by atoms with E-state index in [4.69, 9.17) is 22.7 Å². The molecule has 0 bridgehead atoms. The SMILES string of the molecule is N#Cc1ccc(Cl)c(NC(=O)c2cnc(NN)cn2)c1. The van der Waals surface area contributed by atoms with Crippen LogP contribution >= 0.6 is 11.6 Å². The van der Waals surface area contributed by atoms with Gasteiger partial charge in [0.2, 0.25) is 0 Å². The fourth-order valence-corrected chi connectivity index (χ4v) is 1.56. The summed E-state index contributed by atoms with van der Waals surface area (Å²) in [6.45, 7) is 0. The molecular weight excluding hydrogens is 280 g/mol. The van der Waals surface area contributed by atoms with Crippen LogP contribution in [0.1, 0.15) is 16.1 Å². The smallest absolute Gasteiger partial charge is 0.275 e. The average Bonchev–Trinajstić information content (AvgIpc) is 2.49. The number of nitrogen functional groups attached to an aromatic ring is 1. The summed E-state index contributed by atoms with van der Waals surface area (Å²) in [5, 5.41) is 11.7. The van der Waals surface area contributed by atoms with Crippen LogP contribution < -0.4 is 16.6 Å². The standard InChI is InChI=1S/C12H9ClN6O/c13-8-2-1-7(4-14)3-9(8)18-12(20)10-5-17-11(19-15)6-16-10/h1-3,5-6H,15H2,(H,17,19)(H,18,20). The maximum Gasteiger partial charge on any atom is 0.275 e. The van der Waals surface area contributed by atoms with E-state index in [2.05, 4.69) is 20.7 Å². The van der Waals surface area contributed by atoms with Crippen molar-refractivity contribution in [2.45, 2.75) is 0 Å². The Morgan fingerprint density at radius 3 is 2.75 bits per heavy atom. The number of benzene rings is 1. The summed E-state index contributed by atoms with van der Waals surface area (Å²) in [5.74, 6) is 5.00. The molecule has 100 valence electrons. The summed E-state index contributed by atoms with van der Waals surface area (Å²) in [5.41, 5.74) is 3.12. The Morgan fingerprint density at radius 1 is 1.35 bits per heavy atom. The van der Waals surface area contributed by atoms with Crippen molar-refractivity contribution < 1.29 is 4.79 Å². The van der Waals surface area contributed by atoms with Crippen LogP contribution in [0.4, 0.5) is 11.5 Å². The summed E-state index contributed by atoms with van der Waals surface area (Å²) in [7, 11) is 0. The first-order valence-corrected chi connectivity index (χ1v) is 5.81. The van der Waals surface area contributed by atoms with Crippen LogP contribution in [0.25, 0.3) is 0 Å². The number of nitrogens with one attached hydrogen (secondary N) is 2. The normalized spacial score (nSPS) is 9.65. The topological polar surface area (TPSA) is 117 Å². The van der Waals surface area contributed by atoms with E-state index in [-0.39, 0.29) is 5.69 Å². The molecule has 0 aliphatic rings. The Hall–Kier alpha value is -2.69. The number of hydrogen-bond acceptors (Lipinski definition) is 6. The molecular formula is C12H9ClN6O. The molecule has 7 nitrogen and oxygen atoms in total. The monoisotopic (exact) mass is 288 g/mol. The molecule has 2 rings (SSSR count). The van der Waals surface area contributed by atoms with Gasteiger partial charge in [0.15, 0.2) is 5.82 Å². The molecule has 20 heavy (non-hydrogen) atoms. The zero-order valence-corrected chi connectivity index (χ0v) is 10.8. The molecule has 2 aromatic rings. The molecule has 0 saturated carbocycles. The molecule has 0 aliphatic heterocycles. The van der Waals surface area contributed by atoms with E-state index in [0.717, 1.165) is 0 Å². The molecule has 0 aliphatic carbocycles. The third-order valence-electron chi connectivity index (χ3n) is 2.38. The number of carbonyl (C=O) groups excluding carboxylic acids is 1. The van der Waals surface area contributed by atoms with Crippen molar-refractivity contribution in [3.63, 3.8) is 0 Å². The zero-order valence-electron chi connectivity index (χ0n) is 10.1. The lowest BCUT2D eigenvalue weighted by Crippen LogP contribution is -2.16. The Kier molecular flexibility index (Phi) is 4.10. The van der Waals surface area contributed by atoms with Gasteiger partial charge in [-0.1, -0.05) is 11.6 Å². The number of anilines is 2. The number of hydrogen-bond donors (Lipinski definition) is 3. The lowest BCUT2D eigenvalue weighted by molar-refractivity contribution is 0.102. The molecule has 0 fully saturated rings. The van der Waals surface area contributed by atoms with Gasteiger partial charge in [-0.25, -0.2) is 15.8 Å². The molecule has 8 heteroatoms.